The molecule has 0 bridgehead atoms. The Morgan fingerprint density at radius 2 is 2.20 bits per heavy atom. The van der Waals surface area contributed by atoms with E-state index in [1.54, 1.807) is 0 Å². The van der Waals surface area contributed by atoms with Crippen molar-refractivity contribution < 1.29 is 0 Å². The summed E-state index contributed by atoms with van der Waals surface area (Å²) in [6.45, 7) is 0. The summed E-state index contributed by atoms with van der Waals surface area (Å²) >= 11 is 0. The van der Waals surface area contributed by atoms with Crippen LogP contribution in [0.5, 0.6) is 0 Å². The van der Waals surface area contributed by atoms with Crippen molar-refractivity contribution in [1.29, 1.82) is 0 Å². The maximum absolute atomic E-state index is 4.34. The molecule has 1 aliphatic carbocycles. The summed E-state index contributed by atoms with van der Waals surface area (Å²) in [5, 5.41) is 0. The Kier molecular flexibility index (Phi) is 1.49. The predicted molar refractivity (Wildman–Crippen MR) is 60.5 cm³/mol. The van der Waals surface area contributed by atoms with E-state index >= 15 is 0 Å². The monoisotopic (exact) mass is 200 g/mol. The maximum Gasteiger partial charge on any atom is 0.0569 e. The highest BCUT2D eigenvalue weighted by Crippen LogP contribution is 2.49. The first kappa shape index (κ1) is 8.14. The van der Waals surface area contributed by atoms with Gasteiger partial charge in [-0.15, -0.1) is 0 Å². The Balaban J connectivity index is 1.79. The first-order chi connectivity index (χ1) is 7.45. The molecule has 0 N–H and O–H groups in total. The smallest absolute Gasteiger partial charge is 0.0569 e. The topological polar surface area (TPSA) is 15.6 Å². The quantitative estimate of drug-likeness (QED) is 0.585. The summed E-state index contributed by atoms with van der Waals surface area (Å²) in [5.74, 6) is 2.38. The fourth-order valence-corrected chi connectivity index (χ4v) is 4.09. The van der Waals surface area contributed by atoms with Gasteiger partial charge < -0.3 is 4.90 Å². The molecule has 0 aromatic rings. The third-order valence-electron chi connectivity index (χ3n) is 4.66. The van der Waals surface area contributed by atoms with Crippen molar-refractivity contribution in [2.45, 2.75) is 31.3 Å². The molecule has 1 saturated carbocycles. The minimum Gasteiger partial charge on any atom is -0.367 e. The lowest BCUT2D eigenvalue weighted by atomic mass is 9.74. The maximum atomic E-state index is 4.34. The highest BCUT2D eigenvalue weighted by Gasteiger charge is 2.52. The lowest BCUT2D eigenvalue weighted by molar-refractivity contribution is 0.200. The van der Waals surface area contributed by atoms with E-state index in [9.17, 15) is 0 Å². The molecule has 4 aliphatic rings. The van der Waals surface area contributed by atoms with E-state index in [2.05, 4.69) is 34.5 Å². The molecule has 4 rings (SSSR count). The molecular weight excluding hydrogens is 184 g/mol. The summed E-state index contributed by atoms with van der Waals surface area (Å²) < 4.78 is 0. The van der Waals surface area contributed by atoms with Crippen LogP contribution in [0.2, 0.25) is 0 Å². The lowest BCUT2D eigenvalue weighted by Crippen LogP contribution is -2.35. The van der Waals surface area contributed by atoms with Crippen LogP contribution < -0.4 is 0 Å². The fourth-order valence-electron chi connectivity index (χ4n) is 4.09. The van der Waals surface area contributed by atoms with E-state index in [1.807, 2.05) is 6.20 Å². The van der Waals surface area contributed by atoms with Gasteiger partial charge in [0.15, 0.2) is 0 Å². The second-order valence-electron chi connectivity index (χ2n) is 5.25. The highest BCUT2D eigenvalue weighted by atomic mass is 15.2. The Bertz CT molecular complexity index is 367. The Hall–Kier alpha value is -1.05. The van der Waals surface area contributed by atoms with Gasteiger partial charge in [-0.25, -0.2) is 0 Å². The number of rotatable bonds is 0. The average Bonchev–Trinajstić information content (AvgIpc) is 2.85. The fraction of sp³-hybridized carbons (Fsp3) is 0.615. The van der Waals surface area contributed by atoms with Gasteiger partial charge in [-0.3, -0.25) is 4.99 Å². The van der Waals surface area contributed by atoms with Crippen LogP contribution in [-0.2, 0) is 0 Å². The van der Waals surface area contributed by atoms with Gasteiger partial charge >= 0.3 is 0 Å². The number of hydrogen-bond acceptors (Lipinski definition) is 2. The van der Waals surface area contributed by atoms with Gasteiger partial charge in [-0.2, -0.15) is 0 Å². The largest absolute Gasteiger partial charge is 0.367 e. The van der Waals surface area contributed by atoms with Gasteiger partial charge in [0.1, 0.15) is 0 Å². The molecule has 2 nitrogen and oxygen atoms in total. The average molecular weight is 200 g/mol. The molecule has 0 radical (unpaired) electrons. The van der Waals surface area contributed by atoms with Gasteiger partial charge in [-0.1, -0.05) is 12.5 Å². The molecule has 5 atom stereocenters. The number of aliphatic imine (C=N–C) groups is 1. The van der Waals surface area contributed by atoms with Crippen LogP contribution in [0.3, 0.4) is 0 Å². The van der Waals surface area contributed by atoms with Crippen LogP contribution in [0.4, 0.5) is 0 Å². The third-order valence-corrected chi connectivity index (χ3v) is 4.66. The van der Waals surface area contributed by atoms with Crippen molar-refractivity contribution >= 4 is 6.21 Å². The Morgan fingerprint density at radius 1 is 1.20 bits per heavy atom. The minimum atomic E-state index is 0.608. The van der Waals surface area contributed by atoms with Crippen LogP contribution in [0, 0.1) is 17.8 Å². The van der Waals surface area contributed by atoms with E-state index in [0.29, 0.717) is 12.0 Å². The van der Waals surface area contributed by atoms with E-state index in [-0.39, 0.29) is 0 Å². The molecule has 3 aliphatic heterocycles. The zero-order chi connectivity index (χ0) is 9.83. The Morgan fingerprint density at radius 3 is 3.20 bits per heavy atom. The summed E-state index contributed by atoms with van der Waals surface area (Å²) in [6, 6.07) is 1.40. The van der Waals surface area contributed by atoms with Gasteiger partial charge in [0, 0.05) is 24.4 Å². The zero-order valence-electron chi connectivity index (χ0n) is 8.79. The van der Waals surface area contributed by atoms with Crippen LogP contribution in [0.1, 0.15) is 19.3 Å². The molecule has 2 fully saturated rings. The van der Waals surface area contributed by atoms with Crippen LogP contribution in [0.25, 0.3) is 0 Å². The molecule has 1 saturated heterocycles. The van der Waals surface area contributed by atoms with Crippen molar-refractivity contribution in [2.75, 3.05) is 0 Å². The van der Waals surface area contributed by atoms with E-state index < -0.39 is 0 Å². The number of nitrogens with zero attached hydrogens (tertiary/aromatic N) is 2. The second kappa shape index (κ2) is 2.75. The van der Waals surface area contributed by atoms with Crippen LogP contribution in [0.15, 0.2) is 29.5 Å². The first-order valence-corrected chi connectivity index (χ1v) is 6.11. The molecule has 0 aromatic carbocycles. The number of fused-ring (bicyclic) bond motifs is 3. The minimum absolute atomic E-state index is 0.608. The second-order valence-corrected chi connectivity index (χ2v) is 5.25. The summed E-state index contributed by atoms with van der Waals surface area (Å²) in [7, 11) is 0. The van der Waals surface area contributed by atoms with Crippen molar-refractivity contribution in [3.8, 4) is 0 Å². The van der Waals surface area contributed by atoms with Gasteiger partial charge in [0.05, 0.1) is 6.04 Å². The van der Waals surface area contributed by atoms with E-state index in [1.165, 1.54) is 19.3 Å². The van der Waals surface area contributed by atoms with Gasteiger partial charge in [0.25, 0.3) is 0 Å². The molecule has 2 heteroatoms. The lowest BCUT2D eigenvalue weighted by Gasteiger charge is -2.32. The SMILES string of the molecule is C1=CC2C(C=N1)C1CCCC3C=CN2C31. The van der Waals surface area contributed by atoms with Crippen molar-refractivity contribution in [3.63, 3.8) is 0 Å². The molecule has 15 heavy (non-hydrogen) atoms. The first-order valence-electron chi connectivity index (χ1n) is 6.11. The van der Waals surface area contributed by atoms with Crippen molar-refractivity contribution in [3.05, 3.63) is 24.6 Å². The molecule has 0 aromatic heterocycles. The van der Waals surface area contributed by atoms with Gasteiger partial charge in [0.2, 0.25) is 0 Å². The summed E-state index contributed by atoms with van der Waals surface area (Å²) in [4.78, 5) is 6.94. The zero-order valence-corrected chi connectivity index (χ0v) is 8.79. The molecule has 0 spiro atoms. The standard InChI is InChI=1S/C13H16N2/c1-2-9-5-7-15-12-4-6-14-8-11(12)10(3-1)13(9)15/h4-13H,1-3H2. The van der Waals surface area contributed by atoms with Crippen molar-refractivity contribution in [1.82, 2.24) is 4.90 Å². The molecule has 0 amide bonds. The predicted octanol–water partition coefficient (Wildman–Crippen LogP) is 2.20. The summed E-state index contributed by atoms with van der Waals surface area (Å²) in [5.41, 5.74) is 0. The molecule has 3 heterocycles. The highest BCUT2D eigenvalue weighted by molar-refractivity contribution is 5.66. The van der Waals surface area contributed by atoms with E-state index in [0.717, 1.165) is 17.9 Å². The molecule has 78 valence electrons. The Labute approximate surface area is 90.4 Å². The van der Waals surface area contributed by atoms with Crippen molar-refractivity contribution in [2.24, 2.45) is 22.7 Å². The third kappa shape index (κ3) is 0.926. The summed E-state index contributed by atoms with van der Waals surface area (Å²) in [6.07, 6.45) is 15.5. The normalized spacial score (nSPS) is 49.6. The van der Waals surface area contributed by atoms with E-state index in [4.69, 9.17) is 0 Å². The molecule has 5 unspecified atom stereocenters. The van der Waals surface area contributed by atoms with Crippen LogP contribution >= 0.6 is 0 Å². The van der Waals surface area contributed by atoms with Gasteiger partial charge in [-0.05, 0) is 37.0 Å². The molecular formula is C13H16N2. The number of hydrogen-bond donors (Lipinski definition) is 0. The van der Waals surface area contributed by atoms with Crippen LogP contribution in [-0.4, -0.2) is 23.2 Å².